The first-order valence-corrected chi connectivity index (χ1v) is 4.16. The van der Waals surface area contributed by atoms with Crippen molar-refractivity contribution >= 4 is 26.3 Å². The standard InChI is InChI=1S/C8H6N2Se/c11-8-7-4-2-1-3-6(7)5-9-10-8/h1-5H,(H,10,11). The summed E-state index contributed by atoms with van der Waals surface area (Å²) in [5.41, 5.74) is 0. The summed E-state index contributed by atoms with van der Waals surface area (Å²) in [6.45, 7) is 0. The van der Waals surface area contributed by atoms with Crippen LogP contribution in [-0.4, -0.2) is 25.8 Å². The maximum atomic E-state index is 3.96. The van der Waals surface area contributed by atoms with E-state index in [2.05, 4.69) is 31.8 Å². The fourth-order valence-electron chi connectivity index (χ4n) is 1.04. The number of fused-ring (bicyclic) bond motifs is 1. The quantitative estimate of drug-likeness (QED) is 0.650. The van der Waals surface area contributed by atoms with E-state index in [1.807, 2.05) is 24.4 Å². The maximum absolute atomic E-state index is 3.96. The number of hydrogen-bond donors (Lipinski definition) is 1. The Balaban J connectivity index is 3.03. The van der Waals surface area contributed by atoms with Crippen molar-refractivity contribution in [3.05, 3.63) is 34.7 Å². The van der Waals surface area contributed by atoms with E-state index in [0.29, 0.717) is 0 Å². The zero-order valence-electron chi connectivity index (χ0n) is 5.74. The van der Waals surface area contributed by atoms with Crippen LogP contribution in [0.4, 0.5) is 0 Å². The van der Waals surface area contributed by atoms with Gasteiger partial charge in [0, 0.05) is 0 Å². The Bertz CT molecular complexity index is 428. The molecule has 0 spiro atoms. The summed E-state index contributed by atoms with van der Waals surface area (Å²) in [7, 11) is 0. The van der Waals surface area contributed by atoms with Crippen molar-refractivity contribution in [3.8, 4) is 0 Å². The third-order valence-electron chi connectivity index (χ3n) is 1.58. The first kappa shape index (κ1) is 6.77. The molecule has 2 rings (SSSR count). The Labute approximate surface area is 71.6 Å². The first-order valence-electron chi connectivity index (χ1n) is 3.30. The summed E-state index contributed by atoms with van der Waals surface area (Å²) >= 11 is 2.93. The molecule has 0 unspecified atom stereocenters. The van der Waals surface area contributed by atoms with E-state index in [-0.39, 0.29) is 0 Å². The van der Waals surface area contributed by atoms with Crippen LogP contribution in [0.5, 0.6) is 0 Å². The van der Waals surface area contributed by atoms with Gasteiger partial charge in [-0.25, -0.2) is 0 Å². The number of H-pyrrole nitrogens is 1. The van der Waals surface area contributed by atoms with Gasteiger partial charge in [0.2, 0.25) is 0 Å². The summed E-state index contributed by atoms with van der Waals surface area (Å²) < 4.78 is 0.989. The van der Waals surface area contributed by atoms with Crippen molar-refractivity contribution in [1.29, 1.82) is 0 Å². The Morgan fingerprint density at radius 2 is 2.09 bits per heavy atom. The molecule has 1 aromatic carbocycles. The molecule has 0 saturated heterocycles. The number of rotatable bonds is 0. The zero-order valence-corrected chi connectivity index (χ0v) is 7.46. The van der Waals surface area contributed by atoms with E-state index >= 15 is 0 Å². The summed E-state index contributed by atoms with van der Waals surface area (Å²) in [5.74, 6) is 0. The van der Waals surface area contributed by atoms with Crippen LogP contribution < -0.4 is 0 Å². The molecule has 1 heterocycles. The fourth-order valence-corrected chi connectivity index (χ4v) is 1.54. The summed E-state index contributed by atoms with van der Waals surface area (Å²) in [5, 5.41) is 9.16. The van der Waals surface area contributed by atoms with Gasteiger partial charge in [-0.15, -0.1) is 0 Å². The van der Waals surface area contributed by atoms with Gasteiger partial charge in [-0.05, 0) is 0 Å². The topological polar surface area (TPSA) is 28.7 Å². The normalized spacial score (nSPS) is 10.2. The first-order chi connectivity index (χ1) is 5.38. The van der Waals surface area contributed by atoms with Gasteiger partial charge in [0.05, 0.1) is 0 Å². The molecule has 3 heteroatoms. The monoisotopic (exact) mass is 210 g/mol. The van der Waals surface area contributed by atoms with Crippen LogP contribution in [0.2, 0.25) is 0 Å². The third-order valence-corrected chi connectivity index (χ3v) is 2.23. The Morgan fingerprint density at radius 1 is 1.27 bits per heavy atom. The zero-order chi connectivity index (χ0) is 7.68. The van der Waals surface area contributed by atoms with Gasteiger partial charge in [-0.2, -0.15) is 0 Å². The van der Waals surface area contributed by atoms with Gasteiger partial charge < -0.3 is 0 Å². The van der Waals surface area contributed by atoms with E-state index in [0.717, 1.165) is 9.58 Å². The molecule has 0 radical (unpaired) electrons. The second kappa shape index (κ2) is 2.61. The van der Waals surface area contributed by atoms with Crippen LogP contribution >= 0.6 is 0 Å². The van der Waals surface area contributed by atoms with Crippen molar-refractivity contribution in [2.75, 3.05) is 0 Å². The average molecular weight is 209 g/mol. The van der Waals surface area contributed by atoms with Crippen LogP contribution in [0, 0.1) is 4.19 Å². The number of hydrogen-bond acceptors (Lipinski definition) is 1. The molecule has 0 amide bonds. The van der Waals surface area contributed by atoms with Gasteiger partial charge in [0.25, 0.3) is 0 Å². The van der Waals surface area contributed by atoms with Crippen LogP contribution in [0.3, 0.4) is 0 Å². The molecule has 1 N–H and O–H groups in total. The van der Waals surface area contributed by atoms with Gasteiger partial charge >= 0.3 is 71.2 Å². The summed E-state index contributed by atoms with van der Waals surface area (Å²) in [6, 6.07) is 8.11. The van der Waals surface area contributed by atoms with E-state index in [1.165, 1.54) is 5.39 Å². The molecule has 54 valence electrons. The average Bonchev–Trinajstić information content (AvgIpc) is 2.06. The molecule has 1 aromatic heterocycles. The van der Waals surface area contributed by atoms with Gasteiger partial charge in [0.1, 0.15) is 0 Å². The van der Waals surface area contributed by atoms with Crippen LogP contribution in [-0.2, 0) is 0 Å². The second-order valence-electron chi connectivity index (χ2n) is 2.29. The van der Waals surface area contributed by atoms with Crippen molar-refractivity contribution in [1.82, 2.24) is 10.2 Å². The fraction of sp³-hybridized carbons (Fsp3) is 0. The van der Waals surface area contributed by atoms with Crippen molar-refractivity contribution in [2.45, 2.75) is 0 Å². The molecule has 11 heavy (non-hydrogen) atoms. The minimum absolute atomic E-state index is 0.989. The Morgan fingerprint density at radius 3 is 2.91 bits per heavy atom. The minimum atomic E-state index is 0.989. The molecule has 2 nitrogen and oxygen atoms in total. The molecular weight excluding hydrogens is 203 g/mol. The van der Waals surface area contributed by atoms with E-state index in [9.17, 15) is 0 Å². The van der Waals surface area contributed by atoms with Crippen molar-refractivity contribution in [2.24, 2.45) is 0 Å². The van der Waals surface area contributed by atoms with E-state index in [1.54, 1.807) is 0 Å². The van der Waals surface area contributed by atoms with Gasteiger partial charge in [0.15, 0.2) is 0 Å². The van der Waals surface area contributed by atoms with Gasteiger partial charge in [-0.1, -0.05) is 0 Å². The number of nitrogens with one attached hydrogen (secondary N) is 1. The number of nitrogens with zero attached hydrogens (tertiary/aromatic N) is 1. The molecule has 0 aliphatic rings. The second-order valence-corrected chi connectivity index (χ2v) is 3.14. The van der Waals surface area contributed by atoms with Crippen LogP contribution in [0.1, 0.15) is 0 Å². The predicted molar refractivity (Wildman–Crippen MR) is 45.1 cm³/mol. The number of benzene rings is 1. The Kier molecular flexibility index (Phi) is 1.60. The summed E-state index contributed by atoms with van der Waals surface area (Å²) in [4.78, 5) is 0. The molecule has 0 atom stereocenters. The molecule has 2 aromatic rings. The van der Waals surface area contributed by atoms with Crippen molar-refractivity contribution < 1.29 is 0 Å². The SMILES string of the molecule is [Se]=c1[nH]ncc2ccccc12. The molecular formula is C8H6N2Se. The molecule has 0 fully saturated rings. The van der Waals surface area contributed by atoms with Crippen LogP contribution in [0.15, 0.2) is 30.5 Å². The van der Waals surface area contributed by atoms with E-state index < -0.39 is 0 Å². The molecule has 0 aliphatic heterocycles. The van der Waals surface area contributed by atoms with Gasteiger partial charge in [-0.3, -0.25) is 0 Å². The molecule has 0 bridgehead atoms. The third kappa shape index (κ3) is 1.13. The predicted octanol–water partition coefficient (Wildman–Crippen LogP) is 1.26. The number of aromatic nitrogens is 2. The molecule has 0 saturated carbocycles. The van der Waals surface area contributed by atoms with E-state index in [4.69, 9.17) is 0 Å². The van der Waals surface area contributed by atoms with Crippen molar-refractivity contribution in [3.63, 3.8) is 0 Å². The summed E-state index contributed by atoms with van der Waals surface area (Å²) in [6.07, 6.45) is 1.82. The van der Waals surface area contributed by atoms with Crippen LogP contribution in [0.25, 0.3) is 10.8 Å². The Hall–Kier alpha value is -0.921. The molecule has 0 aliphatic carbocycles. The number of aromatic amines is 1.